The minimum atomic E-state index is -3.72. The Kier molecular flexibility index (Phi) is 11.1. The van der Waals surface area contributed by atoms with Crippen molar-refractivity contribution in [1.29, 1.82) is 0 Å². The highest BCUT2D eigenvalue weighted by atomic mass is 32.3. The fourth-order valence-electron chi connectivity index (χ4n) is 2.36. The van der Waals surface area contributed by atoms with Crippen LogP contribution in [0, 0.1) is 0 Å². The van der Waals surface area contributed by atoms with E-state index in [0.29, 0.717) is 6.54 Å². The zero-order valence-electron chi connectivity index (χ0n) is 14.2. The molecule has 0 bridgehead atoms. The molecule has 0 spiro atoms. The molecule has 1 aromatic heterocycles. The molecule has 0 aromatic carbocycles. The van der Waals surface area contributed by atoms with Crippen molar-refractivity contribution < 1.29 is 13.0 Å². The molecule has 23 heavy (non-hydrogen) atoms. The van der Waals surface area contributed by atoms with Gasteiger partial charge in [0.05, 0.1) is 4.55 Å². The van der Waals surface area contributed by atoms with E-state index in [1.165, 1.54) is 75.9 Å². The minimum absolute atomic E-state index is 0.114. The van der Waals surface area contributed by atoms with E-state index in [9.17, 15) is 8.76 Å². The van der Waals surface area contributed by atoms with Crippen LogP contribution in [-0.4, -0.2) is 11.5 Å². The lowest BCUT2D eigenvalue weighted by Crippen LogP contribution is -2.24. The normalized spacial score (nSPS) is 13.8. The molecule has 1 atom stereocenters. The summed E-state index contributed by atoms with van der Waals surface area (Å²) >= 11 is 0. The van der Waals surface area contributed by atoms with E-state index in [2.05, 4.69) is 17.4 Å². The maximum atomic E-state index is 11.8. The summed E-state index contributed by atoms with van der Waals surface area (Å²) in [7, 11) is -3.72. The van der Waals surface area contributed by atoms with Gasteiger partial charge in [0.25, 0.3) is 0 Å². The largest absolute Gasteiger partial charge is 0.447 e. The molecular weight excluding hydrogens is 312 g/mol. The van der Waals surface area contributed by atoms with E-state index < -0.39 is 10.5 Å². The van der Waals surface area contributed by atoms with Crippen LogP contribution >= 0.6 is 0 Å². The summed E-state index contributed by atoms with van der Waals surface area (Å²) < 4.78 is 28.4. The lowest BCUT2D eigenvalue weighted by molar-refractivity contribution is 0.166. The third-order valence-corrected chi connectivity index (χ3v) is 4.93. The summed E-state index contributed by atoms with van der Waals surface area (Å²) in [5.74, 6) is 0. The van der Waals surface area contributed by atoms with Gasteiger partial charge in [0.15, 0.2) is 0 Å². The molecule has 1 rings (SSSR count). The van der Waals surface area contributed by atoms with Crippen LogP contribution in [0.5, 0.6) is 0 Å². The monoisotopic (exact) mass is 342 g/mol. The Hall–Kier alpha value is -0.820. The molecular formula is C17H30N2O3S+. The highest BCUT2D eigenvalue weighted by Gasteiger charge is 2.35. The van der Waals surface area contributed by atoms with Gasteiger partial charge in [0.2, 0.25) is 4.90 Å². The summed E-state index contributed by atoms with van der Waals surface area (Å²) in [5, 5.41) is 0. The molecule has 1 N–H and O–H groups in total. The zero-order valence-corrected chi connectivity index (χ0v) is 15.0. The van der Waals surface area contributed by atoms with Gasteiger partial charge in [0, 0.05) is 31.1 Å². The molecule has 0 aliphatic rings. The van der Waals surface area contributed by atoms with Gasteiger partial charge in [0.1, 0.15) is 0 Å². The fraction of sp³-hybridized carbons (Fsp3) is 0.706. The molecule has 0 aliphatic heterocycles. The molecule has 131 valence electrons. The van der Waals surface area contributed by atoms with Crippen molar-refractivity contribution in [3.05, 3.63) is 24.5 Å². The summed E-state index contributed by atoms with van der Waals surface area (Å²) in [5.41, 5.74) is 2.54. The maximum absolute atomic E-state index is 11.8. The van der Waals surface area contributed by atoms with Gasteiger partial charge in [-0.25, -0.2) is 0 Å². The Morgan fingerprint density at radius 2 is 1.48 bits per heavy atom. The number of unbranched alkanes of at least 4 members (excludes halogenated alkanes) is 9. The number of aromatic nitrogens is 1. The van der Waals surface area contributed by atoms with Crippen LogP contribution in [0.25, 0.3) is 0 Å². The fourth-order valence-corrected chi connectivity index (χ4v) is 3.15. The Morgan fingerprint density at radius 1 is 0.957 bits per heavy atom. The highest BCUT2D eigenvalue weighted by Crippen LogP contribution is 2.16. The molecule has 1 radical (unpaired) electrons. The van der Waals surface area contributed by atoms with Crippen LogP contribution in [0.4, 0.5) is 0 Å². The van der Waals surface area contributed by atoms with Gasteiger partial charge in [-0.2, -0.15) is 0 Å². The van der Waals surface area contributed by atoms with Crippen molar-refractivity contribution in [3.8, 4) is 0 Å². The predicted octanol–water partition coefficient (Wildman–Crippen LogP) is 4.64. The number of pyridine rings is 1. The number of hydroxylamine groups is 1. The van der Waals surface area contributed by atoms with Crippen LogP contribution in [0.2, 0.25) is 0 Å². The van der Waals surface area contributed by atoms with Crippen molar-refractivity contribution in [2.75, 3.05) is 6.54 Å². The van der Waals surface area contributed by atoms with E-state index in [0.717, 1.165) is 12.8 Å². The Balaban J connectivity index is 1.94. The second-order valence-corrected chi connectivity index (χ2v) is 7.34. The van der Waals surface area contributed by atoms with Crippen molar-refractivity contribution in [2.24, 2.45) is 0 Å². The van der Waals surface area contributed by atoms with Crippen molar-refractivity contribution in [1.82, 2.24) is 10.5 Å². The maximum Gasteiger partial charge on any atom is 0.447 e. The first-order chi connectivity index (χ1) is 11.2. The topological polar surface area (TPSA) is 71.1 Å². The van der Waals surface area contributed by atoms with E-state index in [1.54, 1.807) is 0 Å². The standard InChI is InChI=1S/C17H30N2O3S/c1-2-3-4-5-6-7-8-9-10-11-14-19-22-23(20,21)17-12-15-18-16-13-17/h12-13,15-16,19H,2-11,14H2,1H3/q+1. The van der Waals surface area contributed by atoms with E-state index >= 15 is 0 Å². The van der Waals surface area contributed by atoms with Gasteiger partial charge in [-0.15, -0.1) is 5.48 Å². The van der Waals surface area contributed by atoms with Gasteiger partial charge >= 0.3 is 10.5 Å². The van der Waals surface area contributed by atoms with Crippen LogP contribution in [0.1, 0.15) is 71.1 Å². The first-order valence-electron chi connectivity index (χ1n) is 8.73. The molecule has 6 heteroatoms. The molecule has 0 fully saturated rings. The quantitative estimate of drug-likeness (QED) is 0.304. The predicted molar refractivity (Wildman–Crippen MR) is 92.2 cm³/mol. The highest BCUT2D eigenvalue weighted by molar-refractivity contribution is 7.93. The third kappa shape index (κ3) is 9.81. The molecule has 1 aromatic rings. The number of hydrogen-bond acceptors (Lipinski definition) is 4. The Morgan fingerprint density at radius 3 is 2.04 bits per heavy atom. The van der Waals surface area contributed by atoms with E-state index in [-0.39, 0.29) is 4.90 Å². The molecule has 0 saturated carbocycles. The van der Waals surface area contributed by atoms with Crippen molar-refractivity contribution >= 4 is 10.5 Å². The number of hydrogen-bond donors (Lipinski definition) is 1. The third-order valence-electron chi connectivity index (χ3n) is 3.74. The summed E-state index contributed by atoms with van der Waals surface area (Å²) in [6.07, 6.45) is 15.4. The van der Waals surface area contributed by atoms with Crippen molar-refractivity contribution in [2.45, 2.75) is 76.0 Å². The molecule has 1 heterocycles. The van der Waals surface area contributed by atoms with Gasteiger partial charge < -0.3 is 0 Å². The summed E-state index contributed by atoms with van der Waals surface area (Å²) in [6.45, 7) is 2.78. The molecule has 0 amide bonds. The average molecular weight is 343 g/mol. The van der Waals surface area contributed by atoms with E-state index in [1.807, 2.05) is 0 Å². The van der Waals surface area contributed by atoms with Crippen LogP contribution in [0.3, 0.4) is 0 Å². The number of rotatable bonds is 14. The Labute approximate surface area is 141 Å². The lowest BCUT2D eigenvalue weighted by Gasteiger charge is -2.03. The number of nitrogens with zero attached hydrogens (tertiary/aromatic N) is 1. The van der Waals surface area contributed by atoms with Crippen LogP contribution in [0.15, 0.2) is 29.4 Å². The zero-order chi connectivity index (χ0) is 16.8. The first kappa shape index (κ1) is 20.2. The number of nitrogens with one attached hydrogen (secondary N) is 1. The first-order valence-corrected chi connectivity index (χ1v) is 10.1. The minimum Gasteiger partial charge on any atom is -0.264 e. The van der Waals surface area contributed by atoms with E-state index in [4.69, 9.17) is 4.28 Å². The van der Waals surface area contributed by atoms with Gasteiger partial charge in [-0.1, -0.05) is 64.7 Å². The average Bonchev–Trinajstić information content (AvgIpc) is 2.56. The van der Waals surface area contributed by atoms with Crippen molar-refractivity contribution in [3.63, 3.8) is 0 Å². The van der Waals surface area contributed by atoms with Gasteiger partial charge in [-0.3, -0.25) is 4.98 Å². The smallest absolute Gasteiger partial charge is 0.264 e. The molecule has 0 aliphatic carbocycles. The van der Waals surface area contributed by atoms with Gasteiger partial charge in [-0.05, 0) is 14.9 Å². The molecule has 1 unspecified atom stereocenters. The van der Waals surface area contributed by atoms with Crippen LogP contribution < -0.4 is 5.48 Å². The second kappa shape index (κ2) is 12.6. The SMILES string of the molecule is CCCCCCCCCCCCNO[S+]([O])(=O)c1ccncc1. The molecule has 0 saturated heterocycles. The Bertz CT molecular complexity index is 443. The second-order valence-electron chi connectivity index (χ2n) is 5.80. The summed E-state index contributed by atoms with van der Waals surface area (Å²) in [4.78, 5) is 3.90. The summed E-state index contributed by atoms with van der Waals surface area (Å²) in [6, 6.07) is 2.83. The lowest BCUT2D eigenvalue weighted by atomic mass is 10.1. The van der Waals surface area contributed by atoms with Crippen LogP contribution in [-0.2, 0) is 23.5 Å². The molecule has 5 nitrogen and oxygen atoms in total.